The van der Waals surface area contributed by atoms with E-state index in [4.69, 9.17) is 4.74 Å². The Labute approximate surface area is 501 Å². The molecule has 0 aliphatic carbocycles. The lowest BCUT2D eigenvalue weighted by Crippen LogP contribution is -2.45. The average molecular weight is 1130 g/mol. The first kappa shape index (κ1) is 78.3. The van der Waals surface area contributed by atoms with E-state index in [1.165, 1.54) is 340 Å². The fourth-order valence-corrected chi connectivity index (χ4v) is 11.6. The number of ether oxygens (including phenoxy) is 1. The van der Waals surface area contributed by atoms with Crippen molar-refractivity contribution in [2.24, 2.45) is 0 Å². The largest absolute Gasteiger partial charge is 0.466 e. The van der Waals surface area contributed by atoms with E-state index in [2.05, 4.69) is 43.5 Å². The zero-order valence-corrected chi connectivity index (χ0v) is 54.3. The van der Waals surface area contributed by atoms with Crippen molar-refractivity contribution in [3.05, 3.63) is 24.3 Å². The summed E-state index contributed by atoms with van der Waals surface area (Å²) in [4.78, 5) is 24.5. The summed E-state index contributed by atoms with van der Waals surface area (Å²) >= 11 is 0. The molecule has 1 amide bonds. The molecule has 0 aromatic heterocycles. The van der Waals surface area contributed by atoms with Gasteiger partial charge in [0.25, 0.3) is 0 Å². The second kappa shape index (κ2) is 69.8. The first-order valence-electron chi connectivity index (χ1n) is 36.6. The van der Waals surface area contributed by atoms with Gasteiger partial charge in [0.15, 0.2) is 0 Å². The highest BCUT2D eigenvalue weighted by molar-refractivity contribution is 5.76. The van der Waals surface area contributed by atoms with Crippen LogP contribution in [0.15, 0.2) is 24.3 Å². The normalized spacial score (nSPS) is 12.6. The van der Waals surface area contributed by atoms with E-state index in [0.717, 1.165) is 38.5 Å². The topological polar surface area (TPSA) is 95.9 Å². The van der Waals surface area contributed by atoms with Crippen LogP contribution in [0.2, 0.25) is 0 Å². The van der Waals surface area contributed by atoms with E-state index >= 15 is 0 Å². The van der Waals surface area contributed by atoms with Gasteiger partial charge >= 0.3 is 5.97 Å². The third-order valence-corrected chi connectivity index (χ3v) is 17.2. The maximum Gasteiger partial charge on any atom is 0.305 e. The number of nitrogens with one attached hydrogen (secondary N) is 1. The SMILES string of the molecule is CCCCCCCC/C=C\CCCCCCCCCCCC(=O)OCCCCCCCCCCCCCCCC/C=C\CCCCCCCCCCCCCCCCCCCC(=O)NC(CO)C(O)CCCCCCCCCCC. The fourth-order valence-electron chi connectivity index (χ4n) is 11.6. The van der Waals surface area contributed by atoms with Crippen LogP contribution in [0.4, 0.5) is 0 Å². The van der Waals surface area contributed by atoms with Crippen LogP contribution in [0.5, 0.6) is 0 Å². The third-order valence-electron chi connectivity index (χ3n) is 17.2. The number of hydrogen-bond acceptors (Lipinski definition) is 5. The molecule has 0 saturated carbocycles. The Kier molecular flexibility index (Phi) is 68.4. The minimum absolute atomic E-state index is 0.0204. The van der Waals surface area contributed by atoms with Crippen molar-refractivity contribution in [1.29, 1.82) is 0 Å². The molecule has 0 rings (SSSR count). The van der Waals surface area contributed by atoms with Crippen LogP contribution in [0.25, 0.3) is 0 Å². The van der Waals surface area contributed by atoms with Gasteiger partial charge in [0, 0.05) is 12.8 Å². The van der Waals surface area contributed by atoms with Crippen molar-refractivity contribution in [3.8, 4) is 0 Å². The van der Waals surface area contributed by atoms with E-state index in [1.54, 1.807) is 0 Å². The van der Waals surface area contributed by atoms with Crippen molar-refractivity contribution in [2.75, 3.05) is 13.2 Å². The molecule has 0 bridgehead atoms. The summed E-state index contributed by atoms with van der Waals surface area (Å²) in [6.45, 7) is 4.96. The number of unbranched alkanes of at least 4 members (excludes halogenated alkanes) is 54. The van der Waals surface area contributed by atoms with E-state index in [1.807, 2.05) is 0 Å². The Morgan fingerprint density at radius 3 is 0.887 bits per heavy atom. The Morgan fingerprint density at radius 1 is 0.338 bits per heavy atom. The molecule has 2 unspecified atom stereocenters. The maximum absolute atomic E-state index is 12.4. The first-order valence-corrected chi connectivity index (χ1v) is 36.6. The van der Waals surface area contributed by atoms with Gasteiger partial charge < -0.3 is 20.3 Å². The number of aliphatic hydroxyl groups is 2. The molecule has 0 fully saturated rings. The Balaban J connectivity index is 3.29. The lowest BCUT2D eigenvalue weighted by molar-refractivity contribution is -0.143. The first-order chi connectivity index (χ1) is 39.5. The van der Waals surface area contributed by atoms with E-state index in [9.17, 15) is 19.8 Å². The molecule has 0 saturated heterocycles. The van der Waals surface area contributed by atoms with Gasteiger partial charge in [-0.15, -0.1) is 0 Å². The Hall–Kier alpha value is -1.66. The lowest BCUT2D eigenvalue weighted by Gasteiger charge is -2.22. The summed E-state index contributed by atoms with van der Waals surface area (Å²) in [5, 5.41) is 23.2. The average Bonchev–Trinajstić information content (AvgIpc) is 3.46. The van der Waals surface area contributed by atoms with Gasteiger partial charge in [-0.25, -0.2) is 0 Å². The van der Waals surface area contributed by atoms with Gasteiger partial charge in [-0.1, -0.05) is 346 Å². The van der Waals surface area contributed by atoms with Gasteiger partial charge in [0.05, 0.1) is 25.4 Å². The smallest absolute Gasteiger partial charge is 0.305 e. The highest BCUT2D eigenvalue weighted by Gasteiger charge is 2.20. The van der Waals surface area contributed by atoms with Crippen LogP contribution in [0.1, 0.15) is 412 Å². The Morgan fingerprint density at radius 2 is 0.588 bits per heavy atom. The fraction of sp³-hybridized carbons (Fsp3) is 0.919. The molecule has 0 heterocycles. The maximum atomic E-state index is 12.4. The van der Waals surface area contributed by atoms with Crippen molar-refractivity contribution < 1.29 is 24.5 Å². The number of esters is 1. The van der Waals surface area contributed by atoms with Crippen LogP contribution in [0, 0.1) is 0 Å². The summed E-state index contributed by atoms with van der Waals surface area (Å²) in [7, 11) is 0. The van der Waals surface area contributed by atoms with Crippen molar-refractivity contribution >= 4 is 11.9 Å². The Bertz CT molecular complexity index is 1250. The summed E-state index contributed by atoms with van der Waals surface area (Å²) in [5.74, 6) is -0.0115. The number of carbonyl (C=O) groups excluding carboxylic acids is 2. The van der Waals surface area contributed by atoms with E-state index in [0.29, 0.717) is 25.9 Å². The zero-order valence-electron chi connectivity index (χ0n) is 54.3. The predicted molar refractivity (Wildman–Crippen MR) is 352 cm³/mol. The molecular formula is C74H143NO5. The molecule has 6 nitrogen and oxygen atoms in total. The second-order valence-electron chi connectivity index (χ2n) is 25.3. The van der Waals surface area contributed by atoms with Gasteiger partial charge in [-0.3, -0.25) is 9.59 Å². The highest BCUT2D eigenvalue weighted by Crippen LogP contribution is 2.19. The lowest BCUT2D eigenvalue weighted by atomic mass is 10.0. The molecule has 2 atom stereocenters. The summed E-state index contributed by atoms with van der Waals surface area (Å²) in [6.07, 6.45) is 88.4. The summed E-state index contributed by atoms with van der Waals surface area (Å²) in [6, 6.07) is -0.536. The second-order valence-corrected chi connectivity index (χ2v) is 25.3. The minimum atomic E-state index is -0.659. The molecule has 474 valence electrons. The number of carbonyl (C=O) groups is 2. The van der Waals surface area contributed by atoms with Gasteiger partial charge in [-0.2, -0.15) is 0 Å². The standard InChI is InChI=1S/C74H143NO5/c1-3-5-7-9-11-13-14-15-16-17-35-39-42-45-48-52-56-60-64-68-74(79)80-69-65-61-57-53-49-46-43-40-37-34-32-30-28-26-24-22-20-18-19-21-23-25-27-29-31-33-36-38-41-44-47-51-55-59-63-67-73(78)75-71(70-76)72(77)66-62-58-54-50-12-10-8-6-4-2/h15-16,20,22,71-72,76-77H,3-14,17-19,21,23-70H2,1-2H3,(H,75,78)/b16-15-,22-20-. The van der Waals surface area contributed by atoms with Crippen molar-refractivity contribution in [3.63, 3.8) is 0 Å². The van der Waals surface area contributed by atoms with E-state index < -0.39 is 12.1 Å². The quantitative estimate of drug-likeness (QED) is 0.0320. The van der Waals surface area contributed by atoms with Crippen LogP contribution >= 0.6 is 0 Å². The molecule has 0 aromatic rings. The predicted octanol–water partition coefficient (Wildman–Crippen LogP) is 23.7. The molecule has 0 aliphatic rings. The molecule has 0 aromatic carbocycles. The number of allylic oxidation sites excluding steroid dienone is 4. The minimum Gasteiger partial charge on any atom is -0.466 e. The number of rotatable bonds is 69. The molecule has 3 N–H and O–H groups in total. The summed E-state index contributed by atoms with van der Waals surface area (Å²) in [5.41, 5.74) is 0. The zero-order chi connectivity index (χ0) is 57.8. The van der Waals surface area contributed by atoms with Gasteiger partial charge in [0.2, 0.25) is 5.91 Å². The van der Waals surface area contributed by atoms with E-state index in [-0.39, 0.29) is 18.5 Å². The third kappa shape index (κ3) is 65.5. The van der Waals surface area contributed by atoms with Crippen LogP contribution in [-0.2, 0) is 14.3 Å². The molecule has 0 radical (unpaired) electrons. The summed E-state index contributed by atoms with van der Waals surface area (Å²) < 4.78 is 5.51. The highest BCUT2D eigenvalue weighted by atomic mass is 16.5. The number of amides is 1. The van der Waals surface area contributed by atoms with Gasteiger partial charge in [0.1, 0.15) is 0 Å². The molecule has 80 heavy (non-hydrogen) atoms. The number of hydrogen-bond donors (Lipinski definition) is 3. The number of aliphatic hydroxyl groups excluding tert-OH is 2. The van der Waals surface area contributed by atoms with Crippen molar-refractivity contribution in [1.82, 2.24) is 5.32 Å². The molecule has 0 spiro atoms. The van der Waals surface area contributed by atoms with Crippen LogP contribution < -0.4 is 5.32 Å². The van der Waals surface area contributed by atoms with Crippen molar-refractivity contribution in [2.45, 2.75) is 424 Å². The molecule has 6 heteroatoms. The molecule has 0 aliphatic heterocycles. The molecular weight excluding hydrogens is 983 g/mol. The monoisotopic (exact) mass is 1130 g/mol. The van der Waals surface area contributed by atoms with Gasteiger partial charge in [-0.05, 0) is 77.0 Å². The van der Waals surface area contributed by atoms with Crippen LogP contribution in [0.3, 0.4) is 0 Å². The van der Waals surface area contributed by atoms with Crippen LogP contribution in [-0.4, -0.2) is 47.4 Å².